The van der Waals surface area contributed by atoms with Crippen LogP contribution in [-0.2, 0) is 0 Å². The van der Waals surface area contributed by atoms with Crippen LogP contribution in [0.1, 0.15) is 59.8 Å². The predicted molar refractivity (Wildman–Crippen MR) is 118 cm³/mol. The van der Waals surface area contributed by atoms with Crippen LogP contribution in [0.25, 0.3) is 0 Å². The number of nitrogens with zero attached hydrogens (tertiary/aromatic N) is 3. The highest BCUT2D eigenvalue weighted by Crippen LogP contribution is 2.35. The van der Waals surface area contributed by atoms with Gasteiger partial charge in [-0.1, -0.05) is 52.7 Å². The Labute approximate surface area is 168 Å². The SMILES string of the molecule is C=CN1CCCC1C(=C)N1CCCC1C(=C)N(CC)C(CC)C(=C)C(C)C. The van der Waals surface area contributed by atoms with Crippen molar-refractivity contribution in [1.29, 1.82) is 0 Å². The Kier molecular flexibility index (Phi) is 7.64. The summed E-state index contributed by atoms with van der Waals surface area (Å²) in [5.74, 6) is 0.492. The lowest BCUT2D eigenvalue weighted by molar-refractivity contribution is 0.207. The summed E-state index contributed by atoms with van der Waals surface area (Å²) in [5.41, 5.74) is 3.81. The molecule has 0 aromatic carbocycles. The third-order valence-corrected chi connectivity index (χ3v) is 6.56. The van der Waals surface area contributed by atoms with Crippen molar-refractivity contribution in [3.05, 3.63) is 49.5 Å². The minimum absolute atomic E-state index is 0.360. The van der Waals surface area contributed by atoms with Gasteiger partial charge in [0.1, 0.15) is 0 Å². The van der Waals surface area contributed by atoms with Crippen LogP contribution >= 0.6 is 0 Å². The molecule has 0 aromatic heterocycles. The zero-order valence-corrected chi connectivity index (χ0v) is 18.2. The van der Waals surface area contributed by atoms with Gasteiger partial charge in [0.05, 0.1) is 12.1 Å². The zero-order valence-electron chi connectivity index (χ0n) is 18.2. The van der Waals surface area contributed by atoms with Crippen molar-refractivity contribution in [2.24, 2.45) is 5.92 Å². The van der Waals surface area contributed by atoms with Crippen LogP contribution in [0.15, 0.2) is 49.5 Å². The van der Waals surface area contributed by atoms with E-state index < -0.39 is 0 Å². The van der Waals surface area contributed by atoms with E-state index in [0.717, 1.165) is 26.1 Å². The van der Waals surface area contributed by atoms with Gasteiger partial charge in [-0.25, -0.2) is 0 Å². The molecule has 27 heavy (non-hydrogen) atoms. The molecule has 0 radical (unpaired) electrons. The van der Waals surface area contributed by atoms with Crippen molar-refractivity contribution in [2.45, 2.75) is 77.9 Å². The maximum Gasteiger partial charge on any atom is 0.0682 e. The molecule has 2 saturated heterocycles. The second-order valence-corrected chi connectivity index (χ2v) is 8.35. The average Bonchev–Trinajstić information content (AvgIpc) is 3.33. The lowest BCUT2D eigenvalue weighted by Crippen LogP contribution is -2.45. The molecule has 0 amide bonds. The van der Waals surface area contributed by atoms with Crippen LogP contribution in [-0.4, -0.2) is 52.5 Å². The van der Waals surface area contributed by atoms with E-state index in [4.69, 9.17) is 0 Å². The molecule has 2 aliphatic heterocycles. The fourth-order valence-corrected chi connectivity index (χ4v) is 4.90. The lowest BCUT2D eigenvalue weighted by atomic mass is 9.93. The molecular formula is C24H41N3. The van der Waals surface area contributed by atoms with E-state index in [1.807, 2.05) is 6.20 Å². The fourth-order valence-electron chi connectivity index (χ4n) is 4.90. The van der Waals surface area contributed by atoms with Crippen molar-refractivity contribution in [3.8, 4) is 0 Å². The summed E-state index contributed by atoms with van der Waals surface area (Å²) < 4.78 is 0. The van der Waals surface area contributed by atoms with Crippen molar-refractivity contribution in [2.75, 3.05) is 19.6 Å². The van der Waals surface area contributed by atoms with E-state index in [2.05, 4.69) is 68.7 Å². The minimum atomic E-state index is 0.360. The van der Waals surface area contributed by atoms with E-state index in [1.54, 1.807) is 0 Å². The van der Waals surface area contributed by atoms with Gasteiger partial charge in [-0.05, 0) is 51.1 Å². The molecule has 0 aromatic rings. The van der Waals surface area contributed by atoms with Gasteiger partial charge in [0.2, 0.25) is 0 Å². The molecule has 2 rings (SSSR count). The first-order valence-corrected chi connectivity index (χ1v) is 10.8. The molecule has 0 N–H and O–H groups in total. The largest absolute Gasteiger partial charge is 0.370 e. The maximum absolute atomic E-state index is 4.59. The summed E-state index contributed by atoms with van der Waals surface area (Å²) in [7, 11) is 0. The third-order valence-electron chi connectivity index (χ3n) is 6.56. The zero-order chi connectivity index (χ0) is 20.1. The van der Waals surface area contributed by atoms with Crippen LogP contribution in [0.4, 0.5) is 0 Å². The van der Waals surface area contributed by atoms with Crippen molar-refractivity contribution in [1.82, 2.24) is 14.7 Å². The predicted octanol–water partition coefficient (Wildman–Crippen LogP) is 5.40. The highest BCUT2D eigenvalue weighted by Gasteiger charge is 2.36. The fraction of sp³-hybridized carbons (Fsp3) is 0.667. The topological polar surface area (TPSA) is 9.72 Å². The molecule has 152 valence electrons. The second kappa shape index (κ2) is 9.52. The normalized spacial score (nSPS) is 23.6. The molecule has 0 saturated carbocycles. The van der Waals surface area contributed by atoms with Crippen LogP contribution in [0, 0.1) is 5.92 Å². The van der Waals surface area contributed by atoms with Gasteiger partial charge in [0, 0.05) is 37.1 Å². The number of likely N-dealkylation sites (N-methyl/N-ethyl adjacent to an activating group) is 1. The molecule has 2 aliphatic rings. The van der Waals surface area contributed by atoms with Crippen LogP contribution in [0.3, 0.4) is 0 Å². The van der Waals surface area contributed by atoms with E-state index in [1.165, 1.54) is 42.7 Å². The Hall–Kier alpha value is -1.64. The lowest BCUT2D eigenvalue weighted by Gasteiger charge is -2.42. The number of hydrogen-bond acceptors (Lipinski definition) is 3. The molecule has 2 fully saturated rings. The van der Waals surface area contributed by atoms with Crippen molar-refractivity contribution < 1.29 is 0 Å². The maximum atomic E-state index is 4.59. The molecule has 3 heteroatoms. The van der Waals surface area contributed by atoms with Gasteiger partial charge in [0.15, 0.2) is 0 Å². The Morgan fingerprint density at radius 2 is 1.70 bits per heavy atom. The molecule has 3 atom stereocenters. The molecule has 3 nitrogen and oxygen atoms in total. The first-order chi connectivity index (χ1) is 12.9. The van der Waals surface area contributed by atoms with Crippen LogP contribution in [0.5, 0.6) is 0 Å². The van der Waals surface area contributed by atoms with Crippen molar-refractivity contribution in [3.63, 3.8) is 0 Å². The second-order valence-electron chi connectivity index (χ2n) is 8.35. The summed E-state index contributed by atoms with van der Waals surface area (Å²) in [5, 5.41) is 0. The Balaban J connectivity index is 2.18. The molecule has 0 aliphatic carbocycles. The third kappa shape index (κ3) is 4.44. The van der Waals surface area contributed by atoms with Crippen molar-refractivity contribution >= 4 is 0 Å². The van der Waals surface area contributed by atoms with E-state index >= 15 is 0 Å². The van der Waals surface area contributed by atoms with Gasteiger partial charge in [-0.2, -0.15) is 0 Å². The highest BCUT2D eigenvalue weighted by molar-refractivity contribution is 5.21. The van der Waals surface area contributed by atoms with Gasteiger partial charge in [-0.15, -0.1) is 0 Å². The minimum Gasteiger partial charge on any atom is -0.370 e. The summed E-state index contributed by atoms with van der Waals surface area (Å²) in [6.45, 7) is 29.7. The quantitative estimate of drug-likeness (QED) is 0.476. The van der Waals surface area contributed by atoms with E-state index in [9.17, 15) is 0 Å². The van der Waals surface area contributed by atoms with E-state index in [0.29, 0.717) is 24.0 Å². The summed E-state index contributed by atoms with van der Waals surface area (Å²) in [4.78, 5) is 7.38. The Morgan fingerprint density at radius 1 is 1.07 bits per heavy atom. The smallest absolute Gasteiger partial charge is 0.0682 e. The Bertz CT molecular complexity index is 562. The molecular weight excluding hydrogens is 330 g/mol. The Morgan fingerprint density at radius 3 is 2.26 bits per heavy atom. The molecule has 0 spiro atoms. The van der Waals surface area contributed by atoms with Crippen LogP contribution < -0.4 is 0 Å². The summed E-state index contributed by atoms with van der Waals surface area (Å²) >= 11 is 0. The first kappa shape index (κ1) is 21.7. The highest BCUT2D eigenvalue weighted by atomic mass is 15.3. The van der Waals surface area contributed by atoms with Gasteiger partial charge < -0.3 is 14.7 Å². The van der Waals surface area contributed by atoms with Gasteiger partial charge >= 0.3 is 0 Å². The van der Waals surface area contributed by atoms with Crippen LogP contribution in [0.2, 0.25) is 0 Å². The average molecular weight is 372 g/mol. The molecule has 0 bridgehead atoms. The van der Waals surface area contributed by atoms with Gasteiger partial charge in [-0.3, -0.25) is 0 Å². The molecule has 2 heterocycles. The standard InChI is InChI=1S/C24H41N3/c1-9-22(19(6)18(4)5)26(11-3)21(8)24-15-13-17-27(24)20(7)23-14-12-16-25(23)10-2/h10,18,22-24H,2,6-9,11-17H2,1,3-5H3. The number of likely N-dealkylation sites (tertiary alicyclic amines) is 2. The van der Waals surface area contributed by atoms with E-state index in [-0.39, 0.29) is 0 Å². The monoisotopic (exact) mass is 371 g/mol. The summed E-state index contributed by atoms with van der Waals surface area (Å²) in [6.07, 6.45) is 7.84. The van der Waals surface area contributed by atoms with Gasteiger partial charge in [0.25, 0.3) is 0 Å². The molecule has 3 unspecified atom stereocenters. The number of hydrogen-bond donors (Lipinski definition) is 0. The first-order valence-electron chi connectivity index (χ1n) is 10.8. The summed E-state index contributed by atoms with van der Waals surface area (Å²) in [6, 6.07) is 1.13. The number of rotatable bonds is 10.